The highest BCUT2D eigenvalue weighted by Gasteiger charge is 2.13. The summed E-state index contributed by atoms with van der Waals surface area (Å²) in [5.41, 5.74) is 1.03. The quantitative estimate of drug-likeness (QED) is 0.707. The molecule has 5 heteroatoms. The minimum Gasteiger partial charge on any atom is -0.478 e. The molecule has 0 saturated heterocycles. The summed E-state index contributed by atoms with van der Waals surface area (Å²) in [6.45, 7) is 0. The zero-order valence-corrected chi connectivity index (χ0v) is 7.21. The maximum absolute atomic E-state index is 10.7. The number of aliphatic carboxylic acids is 1. The molecule has 0 fully saturated rings. The summed E-state index contributed by atoms with van der Waals surface area (Å²) in [7, 11) is 0. The molecule has 14 heavy (non-hydrogen) atoms. The number of nitrogens with zero attached hydrogens (tertiary/aromatic N) is 3. The van der Waals surface area contributed by atoms with Crippen molar-refractivity contribution >= 4 is 18.0 Å². The lowest BCUT2D eigenvalue weighted by Crippen LogP contribution is -2.03. The fourth-order valence-electron chi connectivity index (χ4n) is 1.20. The molecule has 0 atom stereocenters. The highest BCUT2D eigenvalue weighted by molar-refractivity contribution is 5.94. The minimum atomic E-state index is -0.937. The van der Waals surface area contributed by atoms with E-state index in [-0.39, 0.29) is 0 Å². The Bertz CT molecular complexity index is 437. The number of hydrogen-bond acceptors (Lipinski definition) is 4. The maximum Gasteiger partial charge on any atom is 0.331 e. The molecular formula is C9H7N3O2. The summed E-state index contributed by atoms with van der Waals surface area (Å²) in [5.74, 6) is -0.402. The Balaban J connectivity index is 2.42. The summed E-state index contributed by atoms with van der Waals surface area (Å²) < 4.78 is 0. The summed E-state index contributed by atoms with van der Waals surface area (Å²) in [4.78, 5) is 22.5. The second kappa shape index (κ2) is 3.37. The van der Waals surface area contributed by atoms with E-state index in [1.807, 2.05) is 0 Å². The van der Waals surface area contributed by atoms with E-state index in [1.165, 1.54) is 18.6 Å². The van der Waals surface area contributed by atoms with Crippen molar-refractivity contribution in [2.24, 2.45) is 4.99 Å². The first-order valence-corrected chi connectivity index (χ1v) is 4.03. The Morgan fingerprint density at radius 3 is 3.14 bits per heavy atom. The molecule has 0 spiro atoms. The molecule has 0 aromatic carbocycles. The van der Waals surface area contributed by atoms with Crippen LogP contribution in [-0.2, 0) is 11.2 Å². The Morgan fingerprint density at radius 1 is 1.50 bits per heavy atom. The molecule has 1 aromatic heterocycles. The Morgan fingerprint density at radius 2 is 2.36 bits per heavy atom. The molecule has 1 aliphatic rings. The van der Waals surface area contributed by atoms with Crippen molar-refractivity contribution in [1.82, 2.24) is 9.97 Å². The monoisotopic (exact) mass is 189 g/mol. The highest BCUT2D eigenvalue weighted by atomic mass is 16.4. The molecule has 2 rings (SSSR count). The number of hydrogen-bond donors (Lipinski definition) is 1. The van der Waals surface area contributed by atoms with E-state index in [2.05, 4.69) is 15.0 Å². The zero-order chi connectivity index (χ0) is 9.97. The largest absolute Gasteiger partial charge is 0.478 e. The van der Waals surface area contributed by atoms with E-state index in [0.29, 0.717) is 17.8 Å². The molecule has 1 aliphatic heterocycles. The van der Waals surface area contributed by atoms with E-state index in [4.69, 9.17) is 5.11 Å². The SMILES string of the molecule is O=C(O)C1=CC=Nc2ncncc2C1. The van der Waals surface area contributed by atoms with Gasteiger partial charge in [-0.3, -0.25) is 0 Å². The van der Waals surface area contributed by atoms with Crippen LogP contribution in [0.1, 0.15) is 5.56 Å². The lowest BCUT2D eigenvalue weighted by molar-refractivity contribution is -0.132. The van der Waals surface area contributed by atoms with Gasteiger partial charge < -0.3 is 5.11 Å². The second-order valence-corrected chi connectivity index (χ2v) is 2.82. The zero-order valence-electron chi connectivity index (χ0n) is 7.21. The molecular weight excluding hydrogens is 182 g/mol. The van der Waals surface area contributed by atoms with Gasteiger partial charge in [0, 0.05) is 30.0 Å². The normalized spacial score (nSPS) is 14.1. The van der Waals surface area contributed by atoms with Gasteiger partial charge in [0.2, 0.25) is 0 Å². The minimum absolute atomic E-state index is 0.294. The van der Waals surface area contributed by atoms with Gasteiger partial charge >= 0.3 is 5.97 Å². The summed E-state index contributed by atoms with van der Waals surface area (Å²) in [5, 5.41) is 8.82. The van der Waals surface area contributed by atoms with Gasteiger partial charge in [-0.2, -0.15) is 0 Å². The Kier molecular flexibility index (Phi) is 2.06. The fraction of sp³-hybridized carbons (Fsp3) is 0.111. The van der Waals surface area contributed by atoms with Gasteiger partial charge in [-0.05, 0) is 6.08 Å². The van der Waals surface area contributed by atoms with Crippen LogP contribution < -0.4 is 0 Å². The third-order valence-corrected chi connectivity index (χ3v) is 1.89. The van der Waals surface area contributed by atoms with E-state index < -0.39 is 5.97 Å². The maximum atomic E-state index is 10.7. The molecule has 0 unspecified atom stereocenters. The smallest absolute Gasteiger partial charge is 0.331 e. The number of aliphatic imine (C=N–C) groups is 1. The predicted octanol–water partition coefficient (Wildman–Crippen LogP) is 0.746. The fourth-order valence-corrected chi connectivity index (χ4v) is 1.20. The number of aromatic nitrogens is 2. The van der Waals surface area contributed by atoms with E-state index >= 15 is 0 Å². The molecule has 0 amide bonds. The highest BCUT2D eigenvalue weighted by Crippen LogP contribution is 2.19. The van der Waals surface area contributed by atoms with Crippen molar-refractivity contribution in [3.05, 3.63) is 29.7 Å². The van der Waals surface area contributed by atoms with Crippen LogP contribution in [0, 0.1) is 0 Å². The van der Waals surface area contributed by atoms with Gasteiger partial charge in [0.1, 0.15) is 6.33 Å². The van der Waals surface area contributed by atoms with Gasteiger partial charge in [0.05, 0.1) is 0 Å². The number of allylic oxidation sites excluding steroid dienone is 1. The molecule has 0 saturated carbocycles. The van der Waals surface area contributed by atoms with Crippen molar-refractivity contribution in [3.8, 4) is 0 Å². The van der Waals surface area contributed by atoms with Crippen LogP contribution in [0.5, 0.6) is 0 Å². The van der Waals surface area contributed by atoms with Crippen molar-refractivity contribution in [2.45, 2.75) is 6.42 Å². The van der Waals surface area contributed by atoms with E-state index in [1.54, 1.807) is 6.20 Å². The third-order valence-electron chi connectivity index (χ3n) is 1.89. The number of rotatable bonds is 1. The number of carbonyl (C=O) groups is 1. The van der Waals surface area contributed by atoms with Gasteiger partial charge in [-0.15, -0.1) is 0 Å². The second-order valence-electron chi connectivity index (χ2n) is 2.82. The number of carboxylic acid groups (broad SMARTS) is 1. The molecule has 1 N–H and O–H groups in total. The Labute approximate surface area is 79.9 Å². The van der Waals surface area contributed by atoms with Crippen LogP contribution in [-0.4, -0.2) is 27.3 Å². The van der Waals surface area contributed by atoms with Crippen molar-refractivity contribution < 1.29 is 9.90 Å². The van der Waals surface area contributed by atoms with Crippen LogP contribution in [0.4, 0.5) is 5.82 Å². The van der Waals surface area contributed by atoms with Crippen LogP contribution in [0.2, 0.25) is 0 Å². The predicted molar refractivity (Wildman–Crippen MR) is 49.6 cm³/mol. The summed E-state index contributed by atoms with van der Waals surface area (Å²) >= 11 is 0. The lowest BCUT2D eigenvalue weighted by Gasteiger charge is -2.00. The first-order valence-electron chi connectivity index (χ1n) is 4.03. The van der Waals surface area contributed by atoms with Crippen LogP contribution in [0.15, 0.2) is 29.2 Å². The standard InChI is InChI=1S/C9H7N3O2/c13-9(14)6-1-2-11-8-7(3-6)4-10-5-12-8/h1-2,4-5H,3H2,(H,13,14). The van der Waals surface area contributed by atoms with Gasteiger partial charge in [-0.25, -0.2) is 19.8 Å². The topological polar surface area (TPSA) is 75.4 Å². The van der Waals surface area contributed by atoms with Crippen LogP contribution in [0.25, 0.3) is 0 Å². The average Bonchev–Trinajstić information content (AvgIpc) is 2.39. The molecule has 5 nitrogen and oxygen atoms in total. The van der Waals surface area contributed by atoms with E-state index in [9.17, 15) is 4.79 Å². The van der Waals surface area contributed by atoms with Crippen molar-refractivity contribution in [3.63, 3.8) is 0 Å². The molecule has 70 valence electrons. The van der Waals surface area contributed by atoms with Gasteiger partial charge in [-0.1, -0.05) is 0 Å². The third kappa shape index (κ3) is 1.52. The van der Waals surface area contributed by atoms with Gasteiger partial charge in [0.15, 0.2) is 5.82 Å². The number of fused-ring (bicyclic) bond motifs is 1. The lowest BCUT2D eigenvalue weighted by atomic mass is 10.1. The average molecular weight is 189 g/mol. The van der Waals surface area contributed by atoms with Gasteiger partial charge in [0.25, 0.3) is 0 Å². The van der Waals surface area contributed by atoms with Crippen LogP contribution in [0.3, 0.4) is 0 Å². The molecule has 0 radical (unpaired) electrons. The molecule has 2 heterocycles. The van der Waals surface area contributed by atoms with E-state index in [0.717, 1.165) is 5.56 Å². The first-order chi connectivity index (χ1) is 6.77. The molecule has 1 aromatic rings. The molecule has 0 bridgehead atoms. The van der Waals surface area contributed by atoms with Crippen LogP contribution >= 0.6 is 0 Å². The summed E-state index contributed by atoms with van der Waals surface area (Å²) in [6, 6.07) is 0. The Hall–Kier alpha value is -2.04. The van der Waals surface area contributed by atoms with Crippen molar-refractivity contribution in [2.75, 3.05) is 0 Å². The number of carboxylic acids is 1. The van der Waals surface area contributed by atoms with Crippen molar-refractivity contribution in [1.29, 1.82) is 0 Å². The first kappa shape index (κ1) is 8.55. The summed E-state index contributed by atoms with van der Waals surface area (Å²) in [6.07, 6.45) is 6.21. The molecule has 0 aliphatic carbocycles.